The largest absolute Gasteiger partial charge is 0.352 e. The number of piperidine rings is 1. The van der Waals surface area contributed by atoms with E-state index < -0.39 is 0 Å². The lowest BCUT2D eigenvalue weighted by molar-refractivity contribution is -0.126. The number of halogens is 1. The number of rotatable bonds is 6. The molecule has 1 fully saturated rings. The van der Waals surface area contributed by atoms with Crippen molar-refractivity contribution in [1.29, 1.82) is 0 Å². The van der Waals surface area contributed by atoms with E-state index in [1.807, 2.05) is 60.7 Å². The molecule has 3 aromatic rings. The van der Waals surface area contributed by atoms with Crippen LogP contribution in [0.15, 0.2) is 84.9 Å². The van der Waals surface area contributed by atoms with Gasteiger partial charge in [0.05, 0.1) is 5.92 Å². The SMILES string of the molecule is O=C(NCc1ccccc1F)[C@@H]1C[C@@H](c2ccccc2)CN(C(=O)NCc2ccccc2)C1. The maximum Gasteiger partial charge on any atom is 0.317 e. The number of hydrogen-bond donors (Lipinski definition) is 2. The monoisotopic (exact) mass is 445 g/mol. The summed E-state index contributed by atoms with van der Waals surface area (Å²) in [4.78, 5) is 27.7. The molecule has 1 aliphatic rings. The summed E-state index contributed by atoms with van der Waals surface area (Å²) in [5, 5.41) is 5.83. The second-order valence-corrected chi connectivity index (χ2v) is 8.40. The molecule has 0 bridgehead atoms. The van der Waals surface area contributed by atoms with Crippen molar-refractivity contribution < 1.29 is 14.0 Å². The van der Waals surface area contributed by atoms with Gasteiger partial charge in [0.15, 0.2) is 0 Å². The predicted molar refractivity (Wildman–Crippen MR) is 126 cm³/mol. The molecule has 0 aliphatic carbocycles. The number of amides is 3. The first-order chi connectivity index (χ1) is 16.1. The summed E-state index contributed by atoms with van der Waals surface area (Å²) in [6.07, 6.45) is 0.635. The molecule has 4 rings (SSSR count). The van der Waals surface area contributed by atoms with Crippen molar-refractivity contribution in [3.8, 4) is 0 Å². The van der Waals surface area contributed by atoms with Gasteiger partial charge >= 0.3 is 6.03 Å². The van der Waals surface area contributed by atoms with Crippen LogP contribution in [0.4, 0.5) is 9.18 Å². The fourth-order valence-corrected chi connectivity index (χ4v) is 4.28. The zero-order valence-electron chi connectivity index (χ0n) is 18.4. The van der Waals surface area contributed by atoms with Crippen molar-refractivity contribution in [2.45, 2.75) is 25.4 Å². The van der Waals surface area contributed by atoms with Crippen LogP contribution in [0, 0.1) is 11.7 Å². The number of benzene rings is 3. The van der Waals surface area contributed by atoms with Gasteiger partial charge in [0, 0.05) is 37.7 Å². The highest BCUT2D eigenvalue weighted by Crippen LogP contribution is 2.30. The van der Waals surface area contributed by atoms with E-state index in [-0.39, 0.29) is 36.1 Å². The van der Waals surface area contributed by atoms with Gasteiger partial charge in [-0.05, 0) is 23.6 Å². The second-order valence-electron chi connectivity index (χ2n) is 8.40. The average molecular weight is 446 g/mol. The summed E-state index contributed by atoms with van der Waals surface area (Å²) in [6.45, 7) is 1.42. The normalized spacial score (nSPS) is 17.9. The Kier molecular flexibility index (Phi) is 7.35. The second kappa shape index (κ2) is 10.8. The minimum atomic E-state index is -0.377. The van der Waals surface area contributed by atoms with Crippen molar-refractivity contribution >= 4 is 11.9 Å². The maximum absolute atomic E-state index is 13.9. The minimum absolute atomic E-state index is 0.0478. The molecule has 3 amide bonds. The van der Waals surface area contributed by atoms with Crippen molar-refractivity contribution in [1.82, 2.24) is 15.5 Å². The van der Waals surface area contributed by atoms with Crippen LogP contribution >= 0.6 is 0 Å². The zero-order valence-corrected chi connectivity index (χ0v) is 18.4. The van der Waals surface area contributed by atoms with E-state index in [4.69, 9.17) is 0 Å². The lowest BCUT2D eigenvalue weighted by Crippen LogP contribution is -2.50. The fraction of sp³-hybridized carbons (Fsp3) is 0.259. The predicted octanol–water partition coefficient (Wildman–Crippen LogP) is 4.46. The standard InChI is InChI=1S/C27H28FN3O2/c28-25-14-8-7-13-22(25)17-29-26(32)24-15-23(21-11-5-2-6-12-21)18-31(19-24)27(33)30-16-20-9-3-1-4-10-20/h1-14,23-24H,15-19H2,(H,29,32)(H,30,33)/t23-,24-/m1/s1. The van der Waals surface area contributed by atoms with Crippen LogP contribution in [-0.2, 0) is 17.9 Å². The Morgan fingerprint density at radius 1 is 0.818 bits per heavy atom. The van der Waals surface area contributed by atoms with Gasteiger partial charge < -0.3 is 15.5 Å². The molecule has 33 heavy (non-hydrogen) atoms. The number of likely N-dealkylation sites (tertiary alicyclic amines) is 1. The molecule has 2 atom stereocenters. The molecule has 6 heteroatoms. The van der Waals surface area contributed by atoms with E-state index in [0.29, 0.717) is 31.6 Å². The smallest absolute Gasteiger partial charge is 0.317 e. The highest BCUT2D eigenvalue weighted by Gasteiger charge is 2.34. The summed E-state index contributed by atoms with van der Waals surface area (Å²) in [5.74, 6) is -0.838. The van der Waals surface area contributed by atoms with E-state index in [1.165, 1.54) is 6.07 Å². The minimum Gasteiger partial charge on any atom is -0.352 e. The Hall–Kier alpha value is -3.67. The van der Waals surface area contributed by atoms with Gasteiger partial charge in [0.2, 0.25) is 5.91 Å². The van der Waals surface area contributed by atoms with E-state index in [1.54, 1.807) is 23.1 Å². The van der Waals surface area contributed by atoms with Crippen molar-refractivity contribution in [2.75, 3.05) is 13.1 Å². The lowest BCUT2D eigenvalue weighted by atomic mass is 9.84. The molecule has 0 aromatic heterocycles. The first-order valence-corrected chi connectivity index (χ1v) is 11.2. The van der Waals surface area contributed by atoms with Gasteiger partial charge in [-0.25, -0.2) is 9.18 Å². The molecule has 170 valence electrons. The van der Waals surface area contributed by atoms with Crippen molar-refractivity contribution in [2.24, 2.45) is 5.92 Å². The summed E-state index contributed by atoms with van der Waals surface area (Å²) < 4.78 is 13.9. The molecule has 0 spiro atoms. The Balaban J connectivity index is 1.44. The summed E-state index contributed by atoms with van der Waals surface area (Å²) in [6, 6.07) is 25.9. The number of nitrogens with one attached hydrogen (secondary N) is 2. The van der Waals surface area contributed by atoms with Gasteiger partial charge in [-0.2, -0.15) is 0 Å². The highest BCUT2D eigenvalue weighted by molar-refractivity contribution is 5.81. The van der Waals surface area contributed by atoms with Crippen LogP contribution in [-0.4, -0.2) is 29.9 Å². The number of nitrogens with zero attached hydrogens (tertiary/aromatic N) is 1. The van der Waals surface area contributed by atoms with Crippen LogP contribution in [0.1, 0.15) is 29.0 Å². The van der Waals surface area contributed by atoms with Gasteiger partial charge in [-0.3, -0.25) is 4.79 Å². The van der Waals surface area contributed by atoms with Gasteiger partial charge in [-0.15, -0.1) is 0 Å². The van der Waals surface area contributed by atoms with Crippen molar-refractivity contribution in [3.05, 3.63) is 107 Å². The Morgan fingerprint density at radius 2 is 1.48 bits per heavy atom. The molecule has 1 saturated heterocycles. The van der Waals surface area contributed by atoms with Crippen molar-refractivity contribution in [3.63, 3.8) is 0 Å². The third-order valence-electron chi connectivity index (χ3n) is 6.08. The molecule has 0 unspecified atom stereocenters. The topological polar surface area (TPSA) is 61.4 Å². The van der Waals surface area contributed by atoms with E-state index in [9.17, 15) is 14.0 Å². The van der Waals surface area contributed by atoms with Gasteiger partial charge in [0.25, 0.3) is 0 Å². The Labute approximate surface area is 193 Å². The van der Waals surface area contributed by atoms with E-state index >= 15 is 0 Å². The third-order valence-corrected chi connectivity index (χ3v) is 6.08. The Bertz CT molecular complexity index is 1070. The van der Waals surface area contributed by atoms with Gasteiger partial charge in [-0.1, -0.05) is 78.9 Å². The number of hydrogen-bond acceptors (Lipinski definition) is 2. The van der Waals surface area contributed by atoms with E-state index in [0.717, 1.165) is 11.1 Å². The van der Waals surface area contributed by atoms with Crippen LogP contribution in [0.3, 0.4) is 0 Å². The number of carbonyl (C=O) groups excluding carboxylic acids is 2. The molecular weight excluding hydrogens is 417 g/mol. The number of carbonyl (C=O) groups is 2. The molecule has 5 nitrogen and oxygen atoms in total. The van der Waals surface area contributed by atoms with Crippen LogP contribution in [0.25, 0.3) is 0 Å². The molecule has 2 N–H and O–H groups in total. The summed E-state index contributed by atoms with van der Waals surface area (Å²) in [7, 11) is 0. The highest BCUT2D eigenvalue weighted by atomic mass is 19.1. The van der Waals surface area contributed by atoms with Crippen LogP contribution < -0.4 is 10.6 Å². The molecule has 0 saturated carbocycles. The molecular formula is C27H28FN3O2. The van der Waals surface area contributed by atoms with Gasteiger partial charge in [0.1, 0.15) is 5.82 Å². The fourth-order valence-electron chi connectivity index (χ4n) is 4.28. The average Bonchev–Trinajstić information content (AvgIpc) is 2.87. The molecule has 1 heterocycles. The van der Waals surface area contributed by atoms with Crippen LogP contribution in [0.2, 0.25) is 0 Å². The Morgan fingerprint density at radius 3 is 2.21 bits per heavy atom. The number of urea groups is 1. The first kappa shape index (κ1) is 22.5. The third kappa shape index (κ3) is 5.98. The maximum atomic E-state index is 13.9. The first-order valence-electron chi connectivity index (χ1n) is 11.2. The summed E-state index contributed by atoms with van der Waals surface area (Å²) >= 11 is 0. The molecule has 3 aromatic carbocycles. The zero-order chi connectivity index (χ0) is 23.0. The lowest BCUT2D eigenvalue weighted by Gasteiger charge is -2.37. The van der Waals surface area contributed by atoms with E-state index in [2.05, 4.69) is 10.6 Å². The van der Waals surface area contributed by atoms with Crippen LogP contribution in [0.5, 0.6) is 0 Å². The molecule has 0 radical (unpaired) electrons. The molecule has 1 aliphatic heterocycles. The summed E-state index contributed by atoms with van der Waals surface area (Å²) in [5.41, 5.74) is 2.56. The quantitative estimate of drug-likeness (QED) is 0.589.